The molecule has 0 bridgehead atoms. The monoisotopic (exact) mass is 378 g/mol. The Kier molecular flexibility index (Phi) is 7.58. The third-order valence-corrected chi connectivity index (χ3v) is 5.98. The molecule has 1 unspecified atom stereocenters. The molecule has 1 saturated heterocycles. The van der Waals surface area contributed by atoms with Gasteiger partial charge in [0.05, 0.1) is 5.54 Å². The van der Waals surface area contributed by atoms with Crippen LogP contribution in [0, 0.1) is 5.92 Å². The Balaban J connectivity index is 0.00000117. The second kappa shape index (κ2) is 9.46. The molecule has 2 atom stereocenters. The van der Waals surface area contributed by atoms with Gasteiger partial charge in [0.15, 0.2) is 5.16 Å². The van der Waals surface area contributed by atoms with Crippen LogP contribution in [0.3, 0.4) is 0 Å². The minimum absolute atomic E-state index is 0.142. The van der Waals surface area contributed by atoms with Crippen LogP contribution in [-0.2, 0) is 15.1 Å². The lowest BCUT2D eigenvalue weighted by Gasteiger charge is -2.34. The molecule has 1 aliphatic heterocycles. The predicted octanol–water partition coefficient (Wildman–Crippen LogP) is 3.15. The van der Waals surface area contributed by atoms with Crippen molar-refractivity contribution in [3.63, 3.8) is 0 Å². The van der Waals surface area contributed by atoms with Crippen molar-refractivity contribution in [3.8, 4) is 0 Å². The van der Waals surface area contributed by atoms with Gasteiger partial charge in [0.2, 0.25) is 6.41 Å². The highest BCUT2D eigenvalue weighted by atomic mass is 32.2. The third-order valence-electron chi connectivity index (χ3n) is 5.42. The minimum atomic E-state index is -0.534. The molecule has 2 fully saturated rings. The molecular formula is C19H30N4O2S. The molecule has 1 aromatic heterocycles. The van der Waals surface area contributed by atoms with Gasteiger partial charge in [-0.05, 0) is 39.0 Å². The van der Waals surface area contributed by atoms with Crippen LogP contribution < -0.4 is 10.2 Å². The Morgan fingerprint density at radius 3 is 2.54 bits per heavy atom. The standard InChI is InChI=1S/C17H24N4O2S.C2H6/c1-17(12(10-22)7-8-19-17)14-9-18-16(24-2)20-15(14)21(11-23)13-5-3-4-6-13;1-2/h9-13,19H,3-8H2,1-2H3;1-2H3/t12?,17-;/m1./s1. The van der Waals surface area contributed by atoms with Gasteiger partial charge in [-0.15, -0.1) is 0 Å². The number of nitrogens with zero attached hydrogens (tertiary/aromatic N) is 3. The zero-order valence-corrected chi connectivity index (χ0v) is 17.0. The number of rotatable bonds is 6. The lowest BCUT2D eigenvalue weighted by Crippen LogP contribution is -2.43. The van der Waals surface area contributed by atoms with Crippen LogP contribution in [0.25, 0.3) is 0 Å². The first-order chi connectivity index (χ1) is 12.6. The van der Waals surface area contributed by atoms with E-state index in [1.54, 1.807) is 11.1 Å². The van der Waals surface area contributed by atoms with E-state index >= 15 is 0 Å². The van der Waals surface area contributed by atoms with Crippen LogP contribution in [-0.4, -0.2) is 41.5 Å². The molecule has 1 aliphatic carbocycles. The maximum Gasteiger partial charge on any atom is 0.215 e. The SMILES string of the molecule is CC.CSc1ncc([C@]2(C)NCCC2C=O)c(N(C=O)C2CCCC2)n1. The van der Waals surface area contributed by atoms with E-state index in [1.807, 2.05) is 27.0 Å². The van der Waals surface area contributed by atoms with Gasteiger partial charge in [-0.3, -0.25) is 9.69 Å². The summed E-state index contributed by atoms with van der Waals surface area (Å²) in [4.78, 5) is 34.3. The maximum atomic E-state index is 11.9. The first kappa shape index (κ1) is 20.8. The molecular weight excluding hydrogens is 348 g/mol. The van der Waals surface area contributed by atoms with Crippen molar-refractivity contribution in [1.82, 2.24) is 15.3 Å². The number of thioether (sulfide) groups is 1. The summed E-state index contributed by atoms with van der Waals surface area (Å²) in [6.45, 7) is 6.78. The molecule has 1 N–H and O–H groups in total. The number of aldehydes is 1. The van der Waals surface area contributed by atoms with Crippen LogP contribution in [0.1, 0.15) is 58.4 Å². The van der Waals surface area contributed by atoms with Crippen molar-refractivity contribution in [3.05, 3.63) is 11.8 Å². The zero-order chi connectivity index (χ0) is 19.2. The molecule has 26 heavy (non-hydrogen) atoms. The van der Waals surface area contributed by atoms with E-state index in [2.05, 4.69) is 15.3 Å². The van der Waals surface area contributed by atoms with E-state index in [0.29, 0.717) is 11.0 Å². The largest absolute Gasteiger partial charge is 0.307 e. The second-order valence-electron chi connectivity index (χ2n) is 6.71. The van der Waals surface area contributed by atoms with Crippen LogP contribution in [0.4, 0.5) is 5.82 Å². The molecule has 2 aliphatic rings. The zero-order valence-electron chi connectivity index (χ0n) is 16.2. The average Bonchev–Trinajstić information content (AvgIpc) is 3.34. The molecule has 2 heterocycles. The van der Waals surface area contributed by atoms with E-state index in [1.165, 1.54) is 11.8 Å². The van der Waals surface area contributed by atoms with Crippen molar-refractivity contribution in [2.24, 2.45) is 5.92 Å². The summed E-state index contributed by atoms with van der Waals surface area (Å²) in [5.74, 6) is 0.511. The first-order valence-corrected chi connectivity index (χ1v) is 10.7. The van der Waals surface area contributed by atoms with E-state index < -0.39 is 5.54 Å². The van der Waals surface area contributed by atoms with Crippen molar-refractivity contribution in [1.29, 1.82) is 0 Å². The molecule has 7 heteroatoms. The number of carbonyl (C=O) groups excluding carboxylic acids is 2. The van der Waals surface area contributed by atoms with Crippen molar-refractivity contribution in [2.75, 3.05) is 17.7 Å². The fraction of sp³-hybridized carbons (Fsp3) is 0.684. The van der Waals surface area contributed by atoms with Crippen molar-refractivity contribution in [2.45, 2.75) is 69.6 Å². The average molecular weight is 379 g/mol. The molecule has 0 spiro atoms. The van der Waals surface area contributed by atoms with E-state index in [4.69, 9.17) is 0 Å². The lowest BCUT2D eigenvalue weighted by atomic mass is 9.82. The van der Waals surface area contributed by atoms with Gasteiger partial charge in [-0.25, -0.2) is 9.97 Å². The second-order valence-corrected chi connectivity index (χ2v) is 7.48. The van der Waals surface area contributed by atoms with Crippen LogP contribution in [0.5, 0.6) is 0 Å². The van der Waals surface area contributed by atoms with Crippen molar-refractivity contribution < 1.29 is 9.59 Å². The molecule has 0 radical (unpaired) electrons. The number of carbonyl (C=O) groups is 2. The van der Waals surface area contributed by atoms with Gasteiger partial charge < -0.3 is 10.1 Å². The van der Waals surface area contributed by atoms with E-state index in [9.17, 15) is 9.59 Å². The highest BCUT2D eigenvalue weighted by molar-refractivity contribution is 7.98. The fourth-order valence-corrected chi connectivity index (χ4v) is 4.25. The molecule has 144 valence electrons. The summed E-state index contributed by atoms with van der Waals surface area (Å²) < 4.78 is 0. The number of hydrogen-bond acceptors (Lipinski definition) is 6. The highest BCUT2D eigenvalue weighted by Gasteiger charge is 2.43. The Morgan fingerprint density at radius 1 is 1.27 bits per heavy atom. The smallest absolute Gasteiger partial charge is 0.215 e. The molecule has 3 rings (SSSR count). The van der Waals surface area contributed by atoms with E-state index in [-0.39, 0.29) is 12.0 Å². The predicted molar refractivity (Wildman–Crippen MR) is 105 cm³/mol. The third kappa shape index (κ3) is 3.93. The summed E-state index contributed by atoms with van der Waals surface area (Å²) in [7, 11) is 0. The summed E-state index contributed by atoms with van der Waals surface area (Å²) >= 11 is 1.46. The van der Waals surface area contributed by atoms with Gasteiger partial charge in [-0.1, -0.05) is 38.5 Å². The van der Waals surface area contributed by atoms with E-state index in [0.717, 1.165) is 56.9 Å². The number of amides is 1. The minimum Gasteiger partial charge on any atom is -0.307 e. The van der Waals surface area contributed by atoms with Gasteiger partial charge in [0, 0.05) is 23.7 Å². The molecule has 6 nitrogen and oxygen atoms in total. The number of nitrogens with one attached hydrogen (secondary N) is 1. The van der Waals surface area contributed by atoms with Crippen LogP contribution in [0.2, 0.25) is 0 Å². The topological polar surface area (TPSA) is 75.2 Å². The van der Waals surface area contributed by atoms with Crippen LogP contribution >= 0.6 is 11.8 Å². The van der Waals surface area contributed by atoms with Gasteiger partial charge in [-0.2, -0.15) is 0 Å². The van der Waals surface area contributed by atoms with Gasteiger partial charge in [0.1, 0.15) is 12.1 Å². The first-order valence-electron chi connectivity index (χ1n) is 9.49. The molecule has 1 aromatic rings. The van der Waals surface area contributed by atoms with Crippen molar-refractivity contribution >= 4 is 30.3 Å². The molecule has 0 aromatic carbocycles. The van der Waals surface area contributed by atoms with Gasteiger partial charge in [0.25, 0.3) is 0 Å². The van der Waals surface area contributed by atoms with Crippen LogP contribution in [0.15, 0.2) is 11.4 Å². The summed E-state index contributed by atoms with van der Waals surface area (Å²) in [6.07, 6.45) is 10.7. The fourth-order valence-electron chi connectivity index (χ4n) is 3.92. The summed E-state index contributed by atoms with van der Waals surface area (Å²) in [5.41, 5.74) is 0.308. The summed E-state index contributed by atoms with van der Waals surface area (Å²) in [5, 5.41) is 4.08. The highest BCUT2D eigenvalue weighted by Crippen LogP contribution is 2.40. The quantitative estimate of drug-likeness (QED) is 0.466. The number of anilines is 1. The van der Waals surface area contributed by atoms with Gasteiger partial charge >= 0.3 is 0 Å². The number of aromatic nitrogens is 2. The maximum absolute atomic E-state index is 11.9. The molecule has 1 saturated carbocycles. The Bertz CT molecular complexity index is 622. The Labute approximate surface area is 160 Å². The normalized spacial score (nSPS) is 25.5. The summed E-state index contributed by atoms with van der Waals surface area (Å²) in [6, 6.07) is 0.186. The Morgan fingerprint density at radius 2 is 1.96 bits per heavy atom. The Hall–Kier alpha value is -1.47. The number of hydrogen-bond donors (Lipinski definition) is 1. The molecule has 1 amide bonds. The lowest BCUT2D eigenvalue weighted by molar-refractivity contribution is -0.112.